The van der Waals surface area contributed by atoms with E-state index in [-0.39, 0.29) is 17.9 Å². The van der Waals surface area contributed by atoms with Gasteiger partial charge < -0.3 is 14.4 Å². The molecule has 0 unspecified atom stereocenters. The lowest BCUT2D eigenvalue weighted by Gasteiger charge is -2.36. The summed E-state index contributed by atoms with van der Waals surface area (Å²) in [6.07, 6.45) is 6.54. The average Bonchev–Trinajstić information content (AvgIpc) is 3.21. The molecule has 1 aromatic carbocycles. The second-order valence-corrected chi connectivity index (χ2v) is 6.73. The van der Waals surface area contributed by atoms with Crippen LogP contribution in [0.1, 0.15) is 24.4 Å². The molecule has 1 saturated heterocycles. The van der Waals surface area contributed by atoms with Crippen molar-refractivity contribution in [2.75, 3.05) is 26.8 Å². The molecule has 0 radical (unpaired) electrons. The number of likely N-dealkylation sites (tertiary alicyclic amines) is 1. The van der Waals surface area contributed by atoms with E-state index in [1.807, 2.05) is 40.0 Å². The van der Waals surface area contributed by atoms with Crippen molar-refractivity contribution in [1.29, 1.82) is 0 Å². The Morgan fingerprint density at radius 3 is 3.08 bits per heavy atom. The van der Waals surface area contributed by atoms with Crippen LogP contribution in [0, 0.1) is 5.92 Å². The summed E-state index contributed by atoms with van der Waals surface area (Å²) in [5.74, 6) is 1.57. The summed E-state index contributed by atoms with van der Waals surface area (Å²) in [5.41, 5.74) is 1.05. The zero-order valence-electron chi connectivity index (χ0n) is 14.4. The minimum atomic E-state index is -0.129. The molecule has 6 nitrogen and oxygen atoms in total. The lowest BCUT2D eigenvalue weighted by atomic mass is 9.94. The van der Waals surface area contributed by atoms with Crippen molar-refractivity contribution in [3.05, 3.63) is 42.2 Å². The first-order valence-electron chi connectivity index (χ1n) is 8.83. The van der Waals surface area contributed by atoms with Gasteiger partial charge in [-0.2, -0.15) is 5.10 Å². The highest BCUT2D eigenvalue weighted by atomic mass is 16.5. The summed E-state index contributed by atoms with van der Waals surface area (Å²) in [5, 5.41) is 4.34. The smallest absolute Gasteiger partial charge is 0.229 e. The molecule has 0 N–H and O–H groups in total. The fourth-order valence-electron chi connectivity index (χ4n) is 3.84. The number of carbonyl (C=O) groups is 1. The Labute approximate surface area is 147 Å². The number of benzene rings is 1. The quantitative estimate of drug-likeness (QED) is 0.860. The van der Waals surface area contributed by atoms with Crippen LogP contribution < -0.4 is 9.47 Å². The van der Waals surface area contributed by atoms with Gasteiger partial charge >= 0.3 is 0 Å². The highest BCUT2D eigenvalue weighted by molar-refractivity contribution is 5.80. The number of aromatic nitrogens is 2. The molecule has 1 amide bonds. The number of carbonyl (C=O) groups excluding carboxylic acids is 1. The van der Waals surface area contributed by atoms with Crippen LogP contribution >= 0.6 is 0 Å². The zero-order valence-corrected chi connectivity index (χ0v) is 14.4. The van der Waals surface area contributed by atoms with Crippen LogP contribution in [0.2, 0.25) is 0 Å². The molecule has 2 atom stereocenters. The molecular formula is C19H23N3O3. The SMILES string of the molecule is COc1cccc2c1OC[C@@H](C(=O)N1CCC[C@@H](n3cccn3)C1)C2. The van der Waals surface area contributed by atoms with E-state index in [4.69, 9.17) is 9.47 Å². The Morgan fingerprint density at radius 2 is 2.28 bits per heavy atom. The number of piperidine rings is 1. The molecule has 0 bridgehead atoms. The summed E-state index contributed by atoms with van der Waals surface area (Å²) in [7, 11) is 1.64. The first-order chi connectivity index (χ1) is 12.3. The number of nitrogens with zero attached hydrogens (tertiary/aromatic N) is 3. The summed E-state index contributed by atoms with van der Waals surface area (Å²) in [6, 6.07) is 8.05. The van der Waals surface area contributed by atoms with Gasteiger partial charge in [0.25, 0.3) is 0 Å². The maximum absolute atomic E-state index is 13.0. The van der Waals surface area contributed by atoms with Gasteiger partial charge in [0.05, 0.1) is 19.1 Å². The predicted molar refractivity (Wildman–Crippen MR) is 92.8 cm³/mol. The maximum Gasteiger partial charge on any atom is 0.229 e. The minimum absolute atomic E-state index is 0.129. The van der Waals surface area contributed by atoms with Gasteiger partial charge in [-0.3, -0.25) is 9.48 Å². The number of amides is 1. The van der Waals surface area contributed by atoms with E-state index in [0.717, 1.165) is 43.0 Å². The van der Waals surface area contributed by atoms with Crippen LogP contribution in [0.15, 0.2) is 36.7 Å². The third-order valence-corrected chi connectivity index (χ3v) is 5.13. The van der Waals surface area contributed by atoms with Gasteiger partial charge in [0.1, 0.15) is 6.61 Å². The molecule has 0 spiro atoms. The van der Waals surface area contributed by atoms with E-state index in [2.05, 4.69) is 5.10 Å². The number of para-hydroxylation sites is 1. The average molecular weight is 341 g/mol. The third kappa shape index (κ3) is 3.08. The molecule has 1 aromatic heterocycles. The summed E-state index contributed by atoms with van der Waals surface area (Å²) >= 11 is 0. The summed E-state index contributed by atoms with van der Waals surface area (Å²) in [4.78, 5) is 15.0. The Morgan fingerprint density at radius 1 is 1.36 bits per heavy atom. The molecule has 0 saturated carbocycles. The molecule has 6 heteroatoms. The molecule has 1 fully saturated rings. The van der Waals surface area contributed by atoms with Gasteiger partial charge in [-0.25, -0.2) is 0 Å². The first-order valence-corrected chi connectivity index (χ1v) is 8.83. The zero-order chi connectivity index (χ0) is 17.2. The van der Waals surface area contributed by atoms with Crippen molar-refractivity contribution in [1.82, 2.24) is 14.7 Å². The van der Waals surface area contributed by atoms with E-state index in [1.54, 1.807) is 13.3 Å². The number of hydrogen-bond acceptors (Lipinski definition) is 4. The van der Waals surface area contributed by atoms with Crippen molar-refractivity contribution in [2.45, 2.75) is 25.3 Å². The van der Waals surface area contributed by atoms with E-state index >= 15 is 0 Å². The largest absolute Gasteiger partial charge is 0.493 e. The van der Waals surface area contributed by atoms with Crippen LogP contribution in [0.3, 0.4) is 0 Å². The number of methoxy groups -OCH3 is 1. The van der Waals surface area contributed by atoms with Gasteiger partial charge in [-0.15, -0.1) is 0 Å². The Hall–Kier alpha value is -2.50. The van der Waals surface area contributed by atoms with Crippen molar-refractivity contribution >= 4 is 5.91 Å². The summed E-state index contributed by atoms with van der Waals surface area (Å²) < 4.78 is 13.2. The first kappa shape index (κ1) is 16.0. The van der Waals surface area contributed by atoms with Crippen LogP contribution in [-0.2, 0) is 11.2 Å². The van der Waals surface area contributed by atoms with Gasteiger partial charge in [0, 0.05) is 25.5 Å². The van der Waals surface area contributed by atoms with Gasteiger partial charge in [-0.05, 0) is 37.0 Å². The molecule has 2 aliphatic rings. The highest BCUT2D eigenvalue weighted by Crippen LogP contribution is 2.36. The van der Waals surface area contributed by atoms with E-state index in [1.165, 1.54) is 0 Å². The number of fused-ring (bicyclic) bond motifs is 1. The van der Waals surface area contributed by atoms with E-state index < -0.39 is 0 Å². The Kier molecular flexibility index (Phi) is 4.34. The highest BCUT2D eigenvalue weighted by Gasteiger charge is 2.33. The topological polar surface area (TPSA) is 56.6 Å². The number of rotatable bonds is 3. The lowest BCUT2D eigenvalue weighted by molar-refractivity contribution is -0.138. The second kappa shape index (κ2) is 6.78. The second-order valence-electron chi connectivity index (χ2n) is 6.73. The number of hydrogen-bond donors (Lipinski definition) is 0. The maximum atomic E-state index is 13.0. The predicted octanol–water partition coefficient (Wildman–Crippen LogP) is 2.31. The fraction of sp³-hybridized carbons (Fsp3) is 0.474. The lowest BCUT2D eigenvalue weighted by Crippen LogP contribution is -2.46. The molecule has 2 aliphatic heterocycles. The molecule has 132 valence electrons. The van der Waals surface area contributed by atoms with Crippen molar-refractivity contribution in [2.24, 2.45) is 5.92 Å². The molecule has 2 aromatic rings. The van der Waals surface area contributed by atoms with Crippen LogP contribution in [0.4, 0.5) is 0 Å². The fourth-order valence-corrected chi connectivity index (χ4v) is 3.84. The Bertz CT molecular complexity index is 744. The van der Waals surface area contributed by atoms with E-state index in [9.17, 15) is 4.79 Å². The third-order valence-electron chi connectivity index (χ3n) is 5.13. The van der Waals surface area contributed by atoms with Crippen LogP contribution in [0.5, 0.6) is 11.5 Å². The van der Waals surface area contributed by atoms with Gasteiger partial charge in [-0.1, -0.05) is 12.1 Å². The summed E-state index contributed by atoms with van der Waals surface area (Å²) in [6.45, 7) is 1.95. The number of ether oxygens (including phenoxy) is 2. The normalized spacial score (nSPS) is 22.8. The van der Waals surface area contributed by atoms with Crippen molar-refractivity contribution in [3.63, 3.8) is 0 Å². The van der Waals surface area contributed by atoms with Crippen molar-refractivity contribution < 1.29 is 14.3 Å². The standard InChI is InChI=1S/C19H23N3O3/c1-24-17-7-2-5-14-11-15(13-25-18(14)17)19(23)21-9-3-6-16(12-21)22-10-4-8-20-22/h2,4-5,7-8,10,15-16H,3,6,9,11-13H2,1H3/t15-,16+/m0/s1. The van der Waals surface area contributed by atoms with Crippen LogP contribution in [0.25, 0.3) is 0 Å². The molecule has 3 heterocycles. The van der Waals surface area contributed by atoms with Crippen LogP contribution in [-0.4, -0.2) is 47.4 Å². The van der Waals surface area contributed by atoms with Crippen molar-refractivity contribution in [3.8, 4) is 11.5 Å². The van der Waals surface area contributed by atoms with Gasteiger partial charge in [0.2, 0.25) is 5.91 Å². The Balaban J connectivity index is 1.46. The van der Waals surface area contributed by atoms with E-state index in [0.29, 0.717) is 13.0 Å². The molecule has 0 aliphatic carbocycles. The van der Waals surface area contributed by atoms with Gasteiger partial charge in [0.15, 0.2) is 11.5 Å². The molecule has 4 rings (SSSR count). The molecule has 25 heavy (non-hydrogen) atoms. The monoisotopic (exact) mass is 341 g/mol. The molecular weight excluding hydrogens is 318 g/mol. The minimum Gasteiger partial charge on any atom is -0.493 e.